The van der Waals surface area contributed by atoms with Crippen LogP contribution in [0.4, 0.5) is 16.2 Å². The van der Waals surface area contributed by atoms with Gasteiger partial charge >= 0.3 is 6.03 Å². The minimum Gasteiger partial charge on any atom is -0.497 e. The zero-order chi connectivity index (χ0) is 19.3. The molecule has 0 bridgehead atoms. The number of piperidine rings is 1. The topological polar surface area (TPSA) is 44.8 Å². The van der Waals surface area contributed by atoms with E-state index in [1.165, 1.54) is 11.3 Å². The average Bonchev–Trinajstić information content (AvgIpc) is 2.97. The van der Waals surface area contributed by atoms with Crippen LogP contribution >= 0.6 is 0 Å². The van der Waals surface area contributed by atoms with E-state index in [4.69, 9.17) is 4.74 Å². The van der Waals surface area contributed by atoms with Crippen molar-refractivity contribution in [2.45, 2.75) is 38.1 Å². The van der Waals surface area contributed by atoms with Crippen molar-refractivity contribution >= 4 is 17.4 Å². The highest BCUT2D eigenvalue weighted by molar-refractivity contribution is 5.93. The van der Waals surface area contributed by atoms with E-state index in [-0.39, 0.29) is 12.1 Å². The van der Waals surface area contributed by atoms with Gasteiger partial charge in [-0.25, -0.2) is 4.79 Å². The summed E-state index contributed by atoms with van der Waals surface area (Å²) in [5.41, 5.74) is 3.54. The summed E-state index contributed by atoms with van der Waals surface area (Å²) >= 11 is 0. The quantitative estimate of drug-likeness (QED) is 0.869. The van der Waals surface area contributed by atoms with Crippen molar-refractivity contribution < 1.29 is 9.53 Å². The number of methoxy groups -OCH3 is 1. The standard InChI is InChI=1S/C23H29N3O2/c1-28-21-10-6-9-20(17-21)25-15-12-19(13-16-25)24-23(27)26-14-5-4-8-18-7-2-3-11-22(18)26/h2-3,6-7,9-11,17,19H,4-5,8,12-16H2,1H3,(H,24,27). The maximum Gasteiger partial charge on any atom is 0.322 e. The van der Waals surface area contributed by atoms with Crippen LogP contribution in [-0.2, 0) is 6.42 Å². The molecule has 2 aromatic carbocycles. The summed E-state index contributed by atoms with van der Waals surface area (Å²) in [5.74, 6) is 0.882. The van der Waals surface area contributed by atoms with Crippen LogP contribution in [0.15, 0.2) is 48.5 Å². The monoisotopic (exact) mass is 379 g/mol. The smallest absolute Gasteiger partial charge is 0.322 e. The summed E-state index contributed by atoms with van der Waals surface area (Å²) in [7, 11) is 1.70. The molecule has 1 N–H and O–H groups in total. The summed E-state index contributed by atoms with van der Waals surface area (Å²) in [6, 6.07) is 16.8. The molecule has 2 amide bonds. The van der Waals surface area contributed by atoms with Gasteiger partial charge in [0, 0.05) is 43.1 Å². The summed E-state index contributed by atoms with van der Waals surface area (Å²) in [6.07, 6.45) is 5.16. The normalized spacial score (nSPS) is 17.6. The van der Waals surface area contributed by atoms with E-state index in [2.05, 4.69) is 40.5 Å². The minimum absolute atomic E-state index is 0.0502. The molecular weight excluding hydrogens is 350 g/mol. The zero-order valence-corrected chi connectivity index (χ0v) is 16.6. The molecule has 0 saturated carbocycles. The van der Waals surface area contributed by atoms with Crippen molar-refractivity contribution in [3.8, 4) is 5.75 Å². The SMILES string of the molecule is COc1cccc(N2CCC(NC(=O)N3CCCCc4ccccc43)CC2)c1. The second-order valence-electron chi connectivity index (χ2n) is 7.65. The summed E-state index contributed by atoms with van der Waals surface area (Å²) in [6.45, 7) is 2.68. The van der Waals surface area contributed by atoms with Crippen molar-refractivity contribution in [3.63, 3.8) is 0 Å². The number of rotatable bonds is 3. The lowest BCUT2D eigenvalue weighted by molar-refractivity contribution is 0.240. The lowest BCUT2D eigenvalue weighted by Gasteiger charge is -2.35. The molecule has 0 aliphatic carbocycles. The van der Waals surface area contributed by atoms with E-state index >= 15 is 0 Å². The van der Waals surface area contributed by atoms with Crippen LogP contribution in [-0.4, -0.2) is 38.8 Å². The predicted molar refractivity (Wildman–Crippen MR) is 113 cm³/mol. The molecule has 2 aliphatic rings. The fourth-order valence-electron chi connectivity index (χ4n) is 4.24. The Kier molecular flexibility index (Phi) is 5.70. The summed E-state index contributed by atoms with van der Waals surface area (Å²) in [5, 5.41) is 3.29. The number of benzene rings is 2. The Morgan fingerprint density at radius 3 is 2.68 bits per heavy atom. The predicted octanol–water partition coefficient (Wildman–Crippen LogP) is 4.22. The number of hydrogen-bond donors (Lipinski definition) is 1. The molecule has 148 valence electrons. The van der Waals surface area contributed by atoms with E-state index in [9.17, 15) is 4.79 Å². The van der Waals surface area contributed by atoms with Crippen molar-refractivity contribution in [3.05, 3.63) is 54.1 Å². The molecule has 0 aromatic heterocycles. The van der Waals surface area contributed by atoms with Gasteiger partial charge in [-0.1, -0.05) is 24.3 Å². The molecule has 0 atom stereocenters. The second kappa shape index (κ2) is 8.55. The fraction of sp³-hybridized carbons (Fsp3) is 0.435. The second-order valence-corrected chi connectivity index (χ2v) is 7.65. The van der Waals surface area contributed by atoms with Crippen molar-refractivity contribution in [1.29, 1.82) is 0 Å². The Hall–Kier alpha value is -2.69. The van der Waals surface area contributed by atoms with Crippen LogP contribution in [0.5, 0.6) is 5.75 Å². The van der Waals surface area contributed by atoms with E-state index in [0.29, 0.717) is 0 Å². The van der Waals surface area contributed by atoms with E-state index in [0.717, 1.165) is 63.2 Å². The number of para-hydroxylation sites is 1. The first-order valence-corrected chi connectivity index (χ1v) is 10.3. The highest BCUT2D eigenvalue weighted by Crippen LogP contribution is 2.27. The lowest BCUT2D eigenvalue weighted by Crippen LogP contribution is -2.49. The molecule has 1 fully saturated rings. The minimum atomic E-state index is 0.0502. The number of hydrogen-bond acceptors (Lipinski definition) is 3. The first-order chi connectivity index (χ1) is 13.7. The van der Waals surface area contributed by atoms with Crippen LogP contribution in [0.25, 0.3) is 0 Å². The molecule has 4 rings (SSSR count). The number of carbonyl (C=O) groups excluding carboxylic acids is 1. The maximum absolute atomic E-state index is 13.0. The third-order valence-electron chi connectivity index (χ3n) is 5.85. The Labute approximate surface area is 167 Å². The number of amides is 2. The molecule has 0 spiro atoms. The first kappa shape index (κ1) is 18.7. The van der Waals surface area contributed by atoms with Gasteiger partial charge in [-0.15, -0.1) is 0 Å². The lowest BCUT2D eigenvalue weighted by atomic mass is 10.0. The maximum atomic E-state index is 13.0. The Morgan fingerprint density at radius 2 is 1.86 bits per heavy atom. The van der Waals surface area contributed by atoms with E-state index in [1.807, 2.05) is 23.1 Å². The Bertz CT molecular complexity index is 815. The number of aryl methyl sites for hydroxylation is 1. The Balaban J connectivity index is 1.36. The highest BCUT2D eigenvalue weighted by atomic mass is 16.5. The van der Waals surface area contributed by atoms with Gasteiger partial charge in [-0.3, -0.25) is 4.90 Å². The van der Waals surface area contributed by atoms with Gasteiger partial charge < -0.3 is 15.0 Å². The van der Waals surface area contributed by atoms with Crippen LogP contribution in [0.1, 0.15) is 31.2 Å². The summed E-state index contributed by atoms with van der Waals surface area (Å²) < 4.78 is 5.34. The molecule has 2 aromatic rings. The summed E-state index contributed by atoms with van der Waals surface area (Å²) in [4.78, 5) is 17.3. The number of anilines is 2. The molecule has 28 heavy (non-hydrogen) atoms. The number of fused-ring (bicyclic) bond motifs is 1. The van der Waals surface area contributed by atoms with E-state index in [1.54, 1.807) is 7.11 Å². The third-order valence-corrected chi connectivity index (χ3v) is 5.85. The highest BCUT2D eigenvalue weighted by Gasteiger charge is 2.25. The van der Waals surface area contributed by atoms with Crippen molar-refractivity contribution in [2.75, 3.05) is 36.5 Å². The van der Waals surface area contributed by atoms with Crippen molar-refractivity contribution in [2.24, 2.45) is 0 Å². The van der Waals surface area contributed by atoms with Gasteiger partial charge in [0.05, 0.1) is 7.11 Å². The third kappa shape index (κ3) is 4.08. The number of urea groups is 1. The molecule has 0 unspecified atom stereocenters. The molecule has 0 radical (unpaired) electrons. The Morgan fingerprint density at radius 1 is 1.04 bits per heavy atom. The number of nitrogens with one attached hydrogen (secondary N) is 1. The van der Waals surface area contributed by atoms with Gasteiger partial charge in [-0.05, 0) is 55.9 Å². The van der Waals surface area contributed by atoms with Gasteiger partial charge in [0.1, 0.15) is 5.75 Å². The molecular formula is C23H29N3O2. The van der Waals surface area contributed by atoms with E-state index < -0.39 is 0 Å². The van der Waals surface area contributed by atoms with Crippen LogP contribution in [0.2, 0.25) is 0 Å². The average molecular weight is 380 g/mol. The first-order valence-electron chi connectivity index (χ1n) is 10.3. The zero-order valence-electron chi connectivity index (χ0n) is 16.6. The van der Waals surface area contributed by atoms with Crippen molar-refractivity contribution in [1.82, 2.24) is 5.32 Å². The molecule has 5 nitrogen and oxygen atoms in total. The number of carbonyl (C=O) groups is 1. The number of nitrogens with zero attached hydrogens (tertiary/aromatic N) is 2. The van der Waals surface area contributed by atoms with Gasteiger partial charge in [0.15, 0.2) is 0 Å². The largest absolute Gasteiger partial charge is 0.497 e. The molecule has 1 saturated heterocycles. The van der Waals surface area contributed by atoms with Crippen LogP contribution in [0, 0.1) is 0 Å². The van der Waals surface area contributed by atoms with Crippen LogP contribution in [0.3, 0.4) is 0 Å². The number of ether oxygens (including phenoxy) is 1. The molecule has 2 heterocycles. The molecule has 2 aliphatic heterocycles. The van der Waals surface area contributed by atoms with Gasteiger partial charge in [0.25, 0.3) is 0 Å². The fourth-order valence-corrected chi connectivity index (χ4v) is 4.24. The van der Waals surface area contributed by atoms with Crippen LogP contribution < -0.4 is 19.9 Å². The van der Waals surface area contributed by atoms with Gasteiger partial charge in [-0.2, -0.15) is 0 Å². The molecule has 5 heteroatoms. The van der Waals surface area contributed by atoms with Gasteiger partial charge in [0.2, 0.25) is 0 Å².